The van der Waals surface area contributed by atoms with E-state index in [2.05, 4.69) is 5.32 Å². The maximum absolute atomic E-state index is 12.5. The number of carboxylic acid groups (broad SMARTS) is 1. The van der Waals surface area contributed by atoms with Gasteiger partial charge in [-0.2, -0.15) is 0 Å². The number of aryl methyl sites for hydroxylation is 1. The number of benzene rings is 1. The van der Waals surface area contributed by atoms with Crippen LogP contribution in [0.25, 0.3) is 0 Å². The molecule has 1 aromatic carbocycles. The van der Waals surface area contributed by atoms with Crippen LogP contribution < -0.4 is 5.32 Å². The fourth-order valence-electron chi connectivity index (χ4n) is 3.72. The second-order valence-electron chi connectivity index (χ2n) is 7.87. The predicted octanol–water partition coefficient (Wildman–Crippen LogP) is 2.00. The van der Waals surface area contributed by atoms with E-state index in [1.54, 1.807) is 0 Å². The van der Waals surface area contributed by atoms with Crippen molar-refractivity contribution in [3.63, 3.8) is 0 Å². The molecular formula is C21H28N2O4. The van der Waals surface area contributed by atoms with Crippen molar-refractivity contribution in [1.82, 2.24) is 10.2 Å². The molecule has 2 unspecified atom stereocenters. The highest BCUT2D eigenvalue weighted by Crippen LogP contribution is 2.32. The molecule has 1 saturated heterocycles. The van der Waals surface area contributed by atoms with Gasteiger partial charge in [0.05, 0.1) is 11.8 Å². The summed E-state index contributed by atoms with van der Waals surface area (Å²) < 4.78 is 0. The summed E-state index contributed by atoms with van der Waals surface area (Å²) in [6, 6.07) is 7.77. The minimum absolute atomic E-state index is 0.106. The number of likely N-dealkylation sites (tertiary alicyclic amines) is 1. The maximum atomic E-state index is 12.5. The molecule has 2 fully saturated rings. The van der Waals surface area contributed by atoms with Crippen molar-refractivity contribution in [2.45, 2.75) is 39.0 Å². The Labute approximate surface area is 159 Å². The van der Waals surface area contributed by atoms with Gasteiger partial charge < -0.3 is 15.3 Å². The minimum Gasteiger partial charge on any atom is -0.481 e. The van der Waals surface area contributed by atoms with Gasteiger partial charge in [0.2, 0.25) is 11.8 Å². The lowest BCUT2D eigenvalue weighted by Crippen LogP contribution is -2.47. The van der Waals surface area contributed by atoms with Gasteiger partial charge in [0, 0.05) is 25.6 Å². The smallest absolute Gasteiger partial charge is 0.308 e. The first-order chi connectivity index (χ1) is 12.9. The Kier molecular flexibility index (Phi) is 6.14. The van der Waals surface area contributed by atoms with Gasteiger partial charge in [0.25, 0.3) is 0 Å². The topological polar surface area (TPSA) is 86.7 Å². The lowest BCUT2D eigenvalue weighted by Gasteiger charge is -2.32. The molecule has 146 valence electrons. The Morgan fingerprint density at radius 3 is 2.67 bits per heavy atom. The van der Waals surface area contributed by atoms with Gasteiger partial charge in [0.1, 0.15) is 0 Å². The summed E-state index contributed by atoms with van der Waals surface area (Å²) in [7, 11) is 0. The number of hydrogen-bond donors (Lipinski definition) is 2. The van der Waals surface area contributed by atoms with E-state index in [4.69, 9.17) is 0 Å². The number of amides is 2. The molecule has 0 bridgehead atoms. The van der Waals surface area contributed by atoms with Gasteiger partial charge >= 0.3 is 5.97 Å². The zero-order valence-electron chi connectivity index (χ0n) is 15.8. The van der Waals surface area contributed by atoms with Crippen LogP contribution in [0.15, 0.2) is 24.3 Å². The zero-order valence-corrected chi connectivity index (χ0v) is 15.8. The van der Waals surface area contributed by atoms with Gasteiger partial charge in [-0.05, 0) is 44.6 Å². The Morgan fingerprint density at radius 2 is 2.00 bits per heavy atom. The van der Waals surface area contributed by atoms with Crippen molar-refractivity contribution in [2.75, 3.05) is 19.6 Å². The molecule has 0 radical (unpaired) electrons. The summed E-state index contributed by atoms with van der Waals surface area (Å²) >= 11 is 0. The summed E-state index contributed by atoms with van der Waals surface area (Å²) in [5.41, 5.74) is 2.04. The van der Waals surface area contributed by atoms with Gasteiger partial charge in [-0.1, -0.05) is 29.8 Å². The summed E-state index contributed by atoms with van der Waals surface area (Å²) in [6.45, 7) is 3.26. The van der Waals surface area contributed by atoms with Gasteiger partial charge in [-0.15, -0.1) is 0 Å². The third-order valence-electron chi connectivity index (χ3n) is 5.47. The van der Waals surface area contributed by atoms with Crippen molar-refractivity contribution in [2.24, 2.45) is 17.8 Å². The summed E-state index contributed by atoms with van der Waals surface area (Å²) in [5, 5.41) is 12.3. The van der Waals surface area contributed by atoms with Crippen molar-refractivity contribution in [3.05, 3.63) is 35.4 Å². The van der Waals surface area contributed by atoms with E-state index in [0.717, 1.165) is 43.4 Å². The number of aliphatic carboxylic acids is 1. The first kappa shape index (κ1) is 19.4. The Morgan fingerprint density at radius 1 is 1.22 bits per heavy atom. The molecule has 1 aliphatic carbocycles. The second kappa shape index (κ2) is 8.55. The number of piperidine rings is 1. The quantitative estimate of drug-likeness (QED) is 0.766. The van der Waals surface area contributed by atoms with E-state index < -0.39 is 11.9 Å². The molecule has 1 aromatic rings. The van der Waals surface area contributed by atoms with E-state index in [0.29, 0.717) is 13.0 Å². The van der Waals surface area contributed by atoms with Crippen molar-refractivity contribution in [1.29, 1.82) is 0 Å². The van der Waals surface area contributed by atoms with Gasteiger partial charge in [0.15, 0.2) is 0 Å². The van der Waals surface area contributed by atoms with Crippen molar-refractivity contribution in [3.8, 4) is 0 Å². The predicted molar refractivity (Wildman–Crippen MR) is 101 cm³/mol. The number of hydrogen-bond acceptors (Lipinski definition) is 3. The van der Waals surface area contributed by atoms with Gasteiger partial charge in [-0.3, -0.25) is 14.4 Å². The Hall–Kier alpha value is -2.37. The number of carboxylic acids is 1. The van der Waals surface area contributed by atoms with E-state index in [9.17, 15) is 19.5 Å². The Balaban J connectivity index is 1.52. The van der Waals surface area contributed by atoms with E-state index in [1.165, 1.54) is 0 Å². The highest BCUT2D eigenvalue weighted by Gasteiger charge is 2.36. The molecule has 1 heterocycles. The van der Waals surface area contributed by atoms with Crippen LogP contribution in [0, 0.1) is 24.7 Å². The third kappa shape index (κ3) is 5.31. The molecule has 2 N–H and O–H groups in total. The van der Waals surface area contributed by atoms with Crippen LogP contribution in [0.3, 0.4) is 0 Å². The number of carbonyl (C=O) groups is 3. The van der Waals surface area contributed by atoms with Crippen LogP contribution in [0.2, 0.25) is 0 Å². The van der Waals surface area contributed by atoms with Crippen LogP contribution in [-0.2, 0) is 20.8 Å². The zero-order chi connectivity index (χ0) is 19.4. The molecule has 3 rings (SSSR count). The lowest BCUT2D eigenvalue weighted by atomic mass is 9.95. The molecule has 2 aliphatic rings. The van der Waals surface area contributed by atoms with Crippen LogP contribution in [0.5, 0.6) is 0 Å². The lowest BCUT2D eigenvalue weighted by molar-refractivity contribution is -0.141. The monoisotopic (exact) mass is 372 g/mol. The maximum Gasteiger partial charge on any atom is 0.308 e. The molecule has 6 heteroatoms. The molecule has 1 aliphatic heterocycles. The average Bonchev–Trinajstić information content (AvgIpc) is 3.49. The number of carbonyl (C=O) groups excluding carboxylic acids is 2. The first-order valence-corrected chi connectivity index (χ1v) is 9.79. The fraction of sp³-hybridized carbons (Fsp3) is 0.571. The molecule has 0 aromatic heterocycles. The van der Waals surface area contributed by atoms with E-state index in [-0.39, 0.29) is 30.2 Å². The molecule has 6 nitrogen and oxygen atoms in total. The van der Waals surface area contributed by atoms with Crippen LogP contribution >= 0.6 is 0 Å². The highest BCUT2D eigenvalue weighted by atomic mass is 16.4. The highest BCUT2D eigenvalue weighted by molar-refractivity contribution is 5.83. The van der Waals surface area contributed by atoms with Gasteiger partial charge in [-0.25, -0.2) is 0 Å². The van der Waals surface area contributed by atoms with E-state index >= 15 is 0 Å². The molecule has 2 atom stereocenters. The molecular weight excluding hydrogens is 344 g/mol. The van der Waals surface area contributed by atoms with E-state index in [1.807, 2.05) is 36.1 Å². The summed E-state index contributed by atoms with van der Waals surface area (Å²) in [6.07, 6.45) is 3.88. The fourth-order valence-corrected chi connectivity index (χ4v) is 3.72. The number of rotatable bonds is 7. The molecule has 0 spiro atoms. The second-order valence-corrected chi connectivity index (χ2v) is 7.87. The SMILES string of the molecule is Cc1cccc(CC(CNC(=O)C2CCCN(C(=O)C3CC3)C2)C(=O)O)c1. The van der Waals surface area contributed by atoms with Crippen molar-refractivity contribution < 1.29 is 19.5 Å². The number of nitrogens with one attached hydrogen (secondary N) is 1. The molecule has 1 saturated carbocycles. The minimum atomic E-state index is -0.911. The Bertz CT molecular complexity index is 714. The molecule has 2 amide bonds. The summed E-state index contributed by atoms with van der Waals surface area (Å²) in [5.74, 6) is -1.61. The van der Waals surface area contributed by atoms with Crippen LogP contribution in [0.4, 0.5) is 0 Å². The van der Waals surface area contributed by atoms with Crippen LogP contribution in [0.1, 0.15) is 36.8 Å². The average molecular weight is 372 g/mol. The number of nitrogens with zero attached hydrogens (tertiary/aromatic N) is 1. The molecule has 27 heavy (non-hydrogen) atoms. The first-order valence-electron chi connectivity index (χ1n) is 9.79. The largest absolute Gasteiger partial charge is 0.481 e. The third-order valence-corrected chi connectivity index (χ3v) is 5.47. The van der Waals surface area contributed by atoms with Crippen LogP contribution in [-0.4, -0.2) is 47.4 Å². The summed E-state index contributed by atoms with van der Waals surface area (Å²) in [4.78, 5) is 38.2. The standard InChI is InChI=1S/C21H28N2O4/c1-14-4-2-5-15(10-14)11-18(21(26)27)12-22-19(24)17-6-3-9-23(13-17)20(25)16-7-8-16/h2,4-5,10,16-18H,3,6-9,11-13H2,1H3,(H,22,24)(H,26,27). The normalized spacial score (nSPS) is 20.8. The van der Waals surface area contributed by atoms with Crippen molar-refractivity contribution >= 4 is 17.8 Å².